The molecule has 0 amide bonds. The van der Waals surface area contributed by atoms with Crippen molar-refractivity contribution in [3.05, 3.63) is 16.5 Å². The number of nitrogens with one attached hydrogen (secondary N) is 1. The summed E-state index contributed by atoms with van der Waals surface area (Å²) in [5.41, 5.74) is 0.528. The SMILES string of the molecule is [B]C(=[B])c1cc(=S)o[nH]1. The van der Waals surface area contributed by atoms with E-state index in [-0.39, 0.29) is 5.36 Å². The van der Waals surface area contributed by atoms with Gasteiger partial charge < -0.3 is 0 Å². The summed E-state index contributed by atoms with van der Waals surface area (Å²) in [7, 11) is 10.4. The molecule has 1 N–H and O–H groups in total. The van der Waals surface area contributed by atoms with Gasteiger partial charge in [-0.2, -0.15) is 0 Å². The fourth-order valence-electron chi connectivity index (χ4n) is 0.424. The summed E-state index contributed by atoms with van der Waals surface area (Å²) in [5.74, 6) is 0. The second-order valence-corrected chi connectivity index (χ2v) is 1.94. The number of aromatic amines is 1. The van der Waals surface area contributed by atoms with Gasteiger partial charge in [-0.05, 0) is 0 Å². The van der Waals surface area contributed by atoms with Gasteiger partial charge in [-0.3, -0.25) is 0 Å². The van der Waals surface area contributed by atoms with E-state index in [0.717, 1.165) is 0 Å². The predicted molar refractivity (Wildman–Crippen MR) is 39.5 cm³/mol. The molecule has 9 heavy (non-hydrogen) atoms. The first-order valence-corrected chi connectivity index (χ1v) is 2.68. The van der Waals surface area contributed by atoms with Gasteiger partial charge in [-0.15, -0.1) is 0 Å². The van der Waals surface area contributed by atoms with Gasteiger partial charge in [0, 0.05) is 0 Å². The van der Waals surface area contributed by atoms with Crippen molar-refractivity contribution < 1.29 is 4.52 Å². The summed E-state index contributed by atoms with van der Waals surface area (Å²) in [4.78, 5) is 0. The molecule has 0 atom stereocenters. The van der Waals surface area contributed by atoms with Gasteiger partial charge in [0.25, 0.3) is 0 Å². The third kappa shape index (κ3) is 1.42. The van der Waals surface area contributed by atoms with Gasteiger partial charge in [0.2, 0.25) is 0 Å². The van der Waals surface area contributed by atoms with Crippen molar-refractivity contribution in [2.24, 2.45) is 0 Å². The van der Waals surface area contributed by atoms with Crippen LogP contribution in [0.4, 0.5) is 0 Å². The molecule has 0 unspecified atom stereocenters. The minimum absolute atomic E-state index is 0.176. The summed E-state index contributed by atoms with van der Waals surface area (Å²) in [5, 5.41) is 2.61. The average Bonchev–Trinajstić information content (AvgIpc) is 2.14. The van der Waals surface area contributed by atoms with Crippen molar-refractivity contribution in [2.45, 2.75) is 0 Å². The molecule has 0 aliphatic carbocycles. The van der Waals surface area contributed by atoms with Crippen LogP contribution in [0, 0.1) is 4.71 Å². The van der Waals surface area contributed by atoms with E-state index in [1.807, 2.05) is 0 Å². The molecule has 0 saturated carbocycles. The predicted octanol–water partition coefficient (Wildman–Crippen LogP) is 0.152. The van der Waals surface area contributed by atoms with Crippen LogP contribution in [0.3, 0.4) is 0 Å². The molecule has 0 bridgehead atoms. The molecule has 1 rings (SSSR count). The van der Waals surface area contributed by atoms with Gasteiger partial charge in [0.05, 0.1) is 0 Å². The summed E-state index contributed by atoms with van der Waals surface area (Å²) >= 11 is 4.63. The van der Waals surface area contributed by atoms with Crippen LogP contribution < -0.4 is 0 Å². The zero-order valence-corrected chi connectivity index (χ0v) is 5.37. The molecule has 0 aliphatic heterocycles. The third-order valence-electron chi connectivity index (χ3n) is 0.835. The first-order chi connectivity index (χ1) is 4.20. The Kier molecular flexibility index (Phi) is 1.71. The molecule has 2 nitrogen and oxygen atoms in total. The third-order valence-corrected chi connectivity index (χ3v) is 1.04. The standard InChI is InChI=1S/C4H2B2NOS/c5-4(6)2-1-3(9)8-7-2/h1,7H. The second kappa shape index (κ2) is 2.35. The molecule has 0 fully saturated rings. The number of rotatable bonds is 1. The Morgan fingerprint density at radius 2 is 2.44 bits per heavy atom. The topological polar surface area (TPSA) is 28.9 Å². The molecule has 0 saturated heterocycles. The van der Waals surface area contributed by atoms with E-state index in [2.05, 4.69) is 21.9 Å². The van der Waals surface area contributed by atoms with Crippen LogP contribution in [0.5, 0.6) is 0 Å². The summed E-state index contributed by atoms with van der Waals surface area (Å²) < 4.78 is 4.98. The van der Waals surface area contributed by atoms with E-state index in [0.29, 0.717) is 10.4 Å². The van der Waals surface area contributed by atoms with Crippen molar-refractivity contribution in [3.63, 3.8) is 0 Å². The van der Waals surface area contributed by atoms with Crippen LogP contribution in [-0.2, 0) is 0 Å². The Balaban J connectivity index is 3.12. The van der Waals surface area contributed by atoms with E-state index in [1.54, 1.807) is 6.07 Å². The Labute approximate surface area is 59.7 Å². The summed E-state index contributed by atoms with van der Waals surface area (Å²) in [6, 6.07) is 1.55. The molecule has 1 aromatic rings. The number of hydrogen-bond acceptors (Lipinski definition) is 2. The molecule has 41 valence electrons. The van der Waals surface area contributed by atoms with Gasteiger partial charge in [0.1, 0.15) is 0 Å². The second-order valence-electron chi connectivity index (χ2n) is 1.54. The Morgan fingerprint density at radius 1 is 1.78 bits per heavy atom. The zero-order valence-electron chi connectivity index (χ0n) is 4.55. The van der Waals surface area contributed by atoms with Crippen LogP contribution in [0.2, 0.25) is 0 Å². The normalized spacial score (nSPS) is 9.22. The van der Waals surface area contributed by atoms with Crippen molar-refractivity contribution in [3.8, 4) is 0 Å². The van der Waals surface area contributed by atoms with E-state index in [4.69, 9.17) is 15.3 Å². The Bertz CT molecular complexity index is 276. The van der Waals surface area contributed by atoms with Crippen LogP contribution in [0.25, 0.3) is 0 Å². The Morgan fingerprint density at radius 3 is 2.67 bits per heavy atom. The summed E-state index contributed by atoms with van der Waals surface area (Å²) in [6.45, 7) is 0. The van der Waals surface area contributed by atoms with Crippen LogP contribution in [0.1, 0.15) is 5.69 Å². The molecule has 1 heterocycles. The van der Waals surface area contributed by atoms with Gasteiger partial charge in [0.15, 0.2) is 0 Å². The maximum atomic E-state index is 5.18. The maximum absolute atomic E-state index is 5.18. The van der Waals surface area contributed by atoms with Gasteiger partial charge in [-0.1, -0.05) is 0 Å². The van der Waals surface area contributed by atoms with E-state index in [9.17, 15) is 0 Å². The van der Waals surface area contributed by atoms with Gasteiger partial charge in [-0.25, -0.2) is 0 Å². The zero-order chi connectivity index (χ0) is 6.85. The summed E-state index contributed by atoms with van der Waals surface area (Å²) in [6.07, 6.45) is 0. The molecule has 1 aromatic heterocycles. The van der Waals surface area contributed by atoms with E-state index < -0.39 is 0 Å². The number of aromatic nitrogens is 1. The molecular formula is C4H2B2NOS. The molecule has 0 aromatic carbocycles. The molecule has 3 radical (unpaired) electrons. The van der Waals surface area contributed by atoms with Crippen LogP contribution in [0.15, 0.2) is 10.6 Å². The first-order valence-electron chi connectivity index (χ1n) is 2.27. The van der Waals surface area contributed by atoms with E-state index in [1.165, 1.54) is 0 Å². The van der Waals surface area contributed by atoms with Crippen molar-refractivity contribution in [1.29, 1.82) is 0 Å². The fourth-order valence-corrected chi connectivity index (χ4v) is 0.584. The fraction of sp³-hybridized carbons (Fsp3) is 0. The van der Waals surface area contributed by atoms with Crippen LogP contribution >= 0.6 is 12.2 Å². The number of hydrogen-bond donors (Lipinski definition) is 1. The quantitative estimate of drug-likeness (QED) is 0.437. The van der Waals surface area contributed by atoms with Crippen LogP contribution in [-0.4, -0.2) is 25.9 Å². The molecule has 5 heteroatoms. The Hall–Kier alpha value is -0.570. The van der Waals surface area contributed by atoms with E-state index >= 15 is 0 Å². The van der Waals surface area contributed by atoms with Crippen molar-refractivity contribution in [1.82, 2.24) is 5.16 Å². The molecular weight excluding hydrogens is 132 g/mol. The average molecular weight is 134 g/mol. The number of H-pyrrole nitrogens is 1. The van der Waals surface area contributed by atoms with Crippen molar-refractivity contribution >= 4 is 32.9 Å². The first kappa shape index (κ1) is 6.55. The minimum atomic E-state index is 0.176. The monoisotopic (exact) mass is 134 g/mol. The molecule has 0 spiro atoms. The molecule has 0 aliphatic rings. The van der Waals surface area contributed by atoms with Gasteiger partial charge >= 0.3 is 59.1 Å². The van der Waals surface area contributed by atoms with Crippen molar-refractivity contribution in [2.75, 3.05) is 0 Å².